The fourth-order valence-electron chi connectivity index (χ4n) is 3.89. The van der Waals surface area contributed by atoms with E-state index in [2.05, 4.69) is 12.2 Å². The average Bonchev–Trinajstić information content (AvgIpc) is 2.98. The van der Waals surface area contributed by atoms with Crippen molar-refractivity contribution < 1.29 is 14.3 Å². The molecule has 3 atom stereocenters. The highest BCUT2D eigenvalue weighted by Crippen LogP contribution is 2.39. The maximum atomic E-state index is 12.7. The second-order valence-electron chi connectivity index (χ2n) is 7.63. The number of amides is 2. The molecule has 0 bridgehead atoms. The fraction of sp³-hybridized carbons (Fsp3) is 0.455. The van der Waals surface area contributed by atoms with E-state index in [0.717, 1.165) is 35.3 Å². The zero-order chi connectivity index (χ0) is 20.3. The van der Waals surface area contributed by atoms with Crippen molar-refractivity contribution in [1.29, 1.82) is 0 Å². The van der Waals surface area contributed by atoms with E-state index in [4.69, 9.17) is 10.5 Å². The van der Waals surface area contributed by atoms with Gasteiger partial charge >= 0.3 is 0 Å². The molecule has 3 rings (SSSR count). The molecule has 0 spiro atoms. The van der Waals surface area contributed by atoms with Crippen molar-refractivity contribution in [2.75, 3.05) is 5.32 Å². The van der Waals surface area contributed by atoms with Crippen molar-refractivity contribution in [3.05, 3.63) is 40.8 Å². The zero-order valence-electron chi connectivity index (χ0n) is 16.7. The Labute approximate surface area is 170 Å². The molecule has 1 fully saturated rings. The third-order valence-electron chi connectivity index (χ3n) is 5.28. The van der Waals surface area contributed by atoms with Crippen LogP contribution in [-0.4, -0.2) is 24.0 Å². The van der Waals surface area contributed by atoms with Gasteiger partial charge in [-0.3, -0.25) is 9.59 Å². The first-order valence-electron chi connectivity index (χ1n) is 9.81. The molecule has 1 aliphatic carbocycles. The number of benzene rings is 1. The quantitative estimate of drug-likeness (QED) is 0.734. The van der Waals surface area contributed by atoms with Crippen molar-refractivity contribution in [2.24, 2.45) is 11.7 Å². The number of anilines is 1. The first-order chi connectivity index (χ1) is 13.4. The van der Waals surface area contributed by atoms with Gasteiger partial charge in [0.05, 0.1) is 11.7 Å². The summed E-state index contributed by atoms with van der Waals surface area (Å²) in [6.45, 7) is 5.91. The van der Waals surface area contributed by atoms with Crippen LogP contribution in [0.4, 0.5) is 5.00 Å². The molecule has 1 heterocycles. The zero-order valence-corrected chi connectivity index (χ0v) is 17.5. The molecule has 28 heavy (non-hydrogen) atoms. The maximum Gasteiger partial charge on any atom is 0.253 e. The number of nitrogens with one attached hydrogen (secondary N) is 1. The topological polar surface area (TPSA) is 81.4 Å². The summed E-state index contributed by atoms with van der Waals surface area (Å²) in [6.07, 6.45) is 3.87. The summed E-state index contributed by atoms with van der Waals surface area (Å²) < 4.78 is 5.99. The standard InChI is InChI=1S/C22H28N2O3S/c1-13-8-7-11-17(12-13)27-14(2)21(26)24-22-19(20(23)25)18(15(3)28-22)16-9-5-4-6-10-16/h4-6,9-10,13-14,17H,7-8,11-12H2,1-3H3,(H2,23,25)(H,24,26). The molecule has 1 aromatic carbocycles. The lowest BCUT2D eigenvalue weighted by Gasteiger charge is -2.28. The van der Waals surface area contributed by atoms with Crippen LogP contribution in [0.1, 0.15) is 54.8 Å². The lowest BCUT2D eigenvalue weighted by molar-refractivity contribution is -0.131. The minimum absolute atomic E-state index is 0.116. The Bertz CT molecular complexity index is 847. The van der Waals surface area contributed by atoms with E-state index in [1.165, 1.54) is 17.8 Å². The summed E-state index contributed by atoms with van der Waals surface area (Å²) in [5, 5.41) is 3.36. The monoisotopic (exact) mass is 400 g/mol. The lowest BCUT2D eigenvalue weighted by atomic mass is 9.88. The summed E-state index contributed by atoms with van der Waals surface area (Å²) in [6, 6.07) is 9.61. The third-order valence-corrected chi connectivity index (χ3v) is 6.30. The lowest BCUT2D eigenvalue weighted by Crippen LogP contribution is -2.34. The SMILES string of the molecule is Cc1sc(NC(=O)C(C)OC2CCCC(C)C2)c(C(N)=O)c1-c1ccccc1. The van der Waals surface area contributed by atoms with Gasteiger partial charge in [-0.2, -0.15) is 0 Å². The Morgan fingerprint density at radius 3 is 2.61 bits per heavy atom. The van der Waals surface area contributed by atoms with Crippen LogP contribution in [0.3, 0.4) is 0 Å². The van der Waals surface area contributed by atoms with E-state index in [9.17, 15) is 9.59 Å². The highest BCUT2D eigenvalue weighted by atomic mass is 32.1. The minimum Gasteiger partial charge on any atom is -0.365 e. The van der Waals surface area contributed by atoms with E-state index in [0.29, 0.717) is 16.5 Å². The average molecular weight is 401 g/mol. The molecule has 1 aliphatic rings. The molecule has 5 nitrogen and oxygen atoms in total. The maximum absolute atomic E-state index is 12.7. The summed E-state index contributed by atoms with van der Waals surface area (Å²) in [5.41, 5.74) is 7.72. The van der Waals surface area contributed by atoms with Crippen LogP contribution >= 0.6 is 11.3 Å². The number of hydrogen-bond donors (Lipinski definition) is 2. The van der Waals surface area contributed by atoms with Gasteiger partial charge < -0.3 is 15.8 Å². The van der Waals surface area contributed by atoms with Crippen LogP contribution in [0.15, 0.2) is 30.3 Å². The van der Waals surface area contributed by atoms with Crippen molar-refractivity contribution in [2.45, 2.75) is 58.7 Å². The van der Waals surface area contributed by atoms with Crippen molar-refractivity contribution in [3.8, 4) is 11.1 Å². The molecule has 0 aliphatic heterocycles. The first kappa shape index (κ1) is 20.6. The van der Waals surface area contributed by atoms with Gasteiger partial charge in [-0.25, -0.2) is 0 Å². The number of ether oxygens (including phenoxy) is 1. The fourth-order valence-corrected chi connectivity index (χ4v) is 4.97. The van der Waals surface area contributed by atoms with E-state index >= 15 is 0 Å². The molecule has 3 N–H and O–H groups in total. The van der Waals surface area contributed by atoms with Crippen LogP contribution in [-0.2, 0) is 9.53 Å². The molecule has 2 aromatic rings. The molecule has 3 unspecified atom stereocenters. The van der Waals surface area contributed by atoms with Gasteiger partial charge in [0.2, 0.25) is 0 Å². The molecular formula is C22H28N2O3S. The number of carbonyl (C=O) groups excluding carboxylic acids is 2. The number of carbonyl (C=O) groups is 2. The Morgan fingerprint density at radius 2 is 1.96 bits per heavy atom. The summed E-state index contributed by atoms with van der Waals surface area (Å²) in [4.78, 5) is 25.8. The van der Waals surface area contributed by atoms with Crippen LogP contribution in [0, 0.1) is 12.8 Å². The van der Waals surface area contributed by atoms with Gasteiger partial charge in [0.1, 0.15) is 11.1 Å². The molecule has 1 aromatic heterocycles. The van der Waals surface area contributed by atoms with Crippen LogP contribution in [0.5, 0.6) is 0 Å². The van der Waals surface area contributed by atoms with Crippen LogP contribution < -0.4 is 11.1 Å². The number of rotatable bonds is 6. The second-order valence-corrected chi connectivity index (χ2v) is 8.85. The van der Waals surface area contributed by atoms with Crippen molar-refractivity contribution >= 4 is 28.2 Å². The third kappa shape index (κ3) is 4.62. The van der Waals surface area contributed by atoms with Crippen LogP contribution in [0.2, 0.25) is 0 Å². The summed E-state index contributed by atoms with van der Waals surface area (Å²) in [5.74, 6) is -0.168. The number of primary amides is 1. The van der Waals surface area contributed by atoms with E-state index in [-0.39, 0.29) is 12.0 Å². The highest BCUT2D eigenvalue weighted by molar-refractivity contribution is 7.17. The Morgan fingerprint density at radius 1 is 1.25 bits per heavy atom. The predicted octanol–water partition coefficient (Wildman–Crippen LogP) is 4.74. The van der Waals surface area contributed by atoms with Crippen molar-refractivity contribution in [1.82, 2.24) is 0 Å². The van der Waals surface area contributed by atoms with Gasteiger partial charge in [0, 0.05) is 10.4 Å². The number of aryl methyl sites for hydroxylation is 1. The Hall–Kier alpha value is -2.18. The molecular weight excluding hydrogens is 372 g/mol. The number of hydrogen-bond acceptors (Lipinski definition) is 4. The normalized spacial score (nSPS) is 20.5. The first-order valence-corrected chi connectivity index (χ1v) is 10.6. The predicted molar refractivity (Wildman–Crippen MR) is 114 cm³/mol. The number of thiophene rings is 1. The molecule has 6 heteroatoms. The van der Waals surface area contributed by atoms with Crippen LogP contribution in [0.25, 0.3) is 11.1 Å². The molecule has 0 radical (unpaired) electrons. The molecule has 0 saturated heterocycles. The minimum atomic E-state index is -0.585. The van der Waals surface area contributed by atoms with Gasteiger partial charge in [0.25, 0.3) is 11.8 Å². The summed E-state index contributed by atoms with van der Waals surface area (Å²) >= 11 is 1.37. The largest absolute Gasteiger partial charge is 0.365 e. The molecule has 1 saturated carbocycles. The molecule has 150 valence electrons. The van der Waals surface area contributed by atoms with E-state index in [1.807, 2.05) is 37.3 Å². The van der Waals surface area contributed by atoms with E-state index < -0.39 is 12.0 Å². The Kier molecular flexibility index (Phi) is 6.52. The van der Waals surface area contributed by atoms with E-state index in [1.54, 1.807) is 6.92 Å². The highest BCUT2D eigenvalue weighted by Gasteiger charge is 2.27. The molecule has 2 amide bonds. The van der Waals surface area contributed by atoms with Gasteiger partial charge in [-0.15, -0.1) is 11.3 Å². The van der Waals surface area contributed by atoms with Crippen molar-refractivity contribution in [3.63, 3.8) is 0 Å². The second kappa shape index (κ2) is 8.88. The summed E-state index contributed by atoms with van der Waals surface area (Å²) in [7, 11) is 0. The van der Waals surface area contributed by atoms with Gasteiger partial charge in [0.15, 0.2) is 0 Å². The van der Waals surface area contributed by atoms with Gasteiger partial charge in [-0.05, 0) is 38.2 Å². The Balaban J connectivity index is 1.78. The number of nitrogens with two attached hydrogens (primary N) is 1. The van der Waals surface area contributed by atoms with Gasteiger partial charge in [-0.1, -0.05) is 50.1 Å². The smallest absolute Gasteiger partial charge is 0.253 e.